The Morgan fingerprint density at radius 3 is 1.44 bits per heavy atom. The summed E-state index contributed by atoms with van der Waals surface area (Å²) in [7, 11) is 0. The third-order valence-electron chi connectivity index (χ3n) is 13.5. The van der Waals surface area contributed by atoms with E-state index in [4.69, 9.17) is 19.9 Å². The minimum Gasteiger partial charge on any atom is -0.465 e. The second-order valence-corrected chi connectivity index (χ2v) is 20.1. The summed E-state index contributed by atoms with van der Waals surface area (Å²) in [5.74, 6) is -0.751. The molecule has 1 aromatic rings. The number of carbonyl (C=O) groups is 5. The number of hydrogen-bond acceptors (Lipinski definition) is 9. The maximum atomic E-state index is 13.4. The molecule has 0 bridgehead atoms. The Balaban J connectivity index is 2.58. The van der Waals surface area contributed by atoms with Crippen molar-refractivity contribution >= 4 is 35.8 Å². The molecule has 0 radical (unpaired) electrons. The molecular weight excluding hydrogens is 907 g/mol. The van der Waals surface area contributed by atoms with Crippen molar-refractivity contribution in [3.05, 3.63) is 35.9 Å². The van der Waals surface area contributed by atoms with E-state index in [2.05, 4.69) is 48.6 Å². The van der Waals surface area contributed by atoms with Crippen molar-refractivity contribution in [2.45, 2.75) is 265 Å². The number of nitrogens with one attached hydrogen (secondary N) is 3. The lowest BCUT2D eigenvalue weighted by Crippen LogP contribution is -2.47. The minimum atomic E-state index is -0.837. The highest BCUT2D eigenvalue weighted by Crippen LogP contribution is 2.22. The number of hydrogen-bond donors (Lipinski definition) is 4. The molecule has 0 aliphatic carbocycles. The summed E-state index contributed by atoms with van der Waals surface area (Å²) >= 11 is 0. The number of carbonyl (C=O) groups excluding carboxylic acids is 5. The molecule has 0 aliphatic rings. The number of aliphatic imine (C=N–C) groups is 1. The minimum absolute atomic E-state index is 0.00371. The van der Waals surface area contributed by atoms with E-state index in [-0.39, 0.29) is 67.5 Å². The predicted octanol–water partition coefficient (Wildman–Crippen LogP) is 13.9. The average Bonchev–Trinajstić information content (AvgIpc) is 3.37. The van der Waals surface area contributed by atoms with Gasteiger partial charge in [-0.05, 0) is 69.8 Å². The number of esters is 2. The van der Waals surface area contributed by atoms with Gasteiger partial charge in [0.2, 0.25) is 11.8 Å². The van der Waals surface area contributed by atoms with Gasteiger partial charge in [-0.2, -0.15) is 0 Å². The fourth-order valence-corrected chi connectivity index (χ4v) is 8.90. The summed E-state index contributed by atoms with van der Waals surface area (Å²) in [4.78, 5) is 69.2. The highest BCUT2D eigenvalue weighted by molar-refractivity contribution is 5.93. The molecule has 2 unspecified atom stereocenters. The van der Waals surface area contributed by atoms with Crippen molar-refractivity contribution in [1.29, 1.82) is 0 Å². The summed E-state index contributed by atoms with van der Waals surface area (Å²) in [6.07, 6.45) is 34.6. The lowest BCUT2D eigenvalue weighted by atomic mass is 9.94. The molecule has 0 fully saturated rings. The lowest BCUT2D eigenvalue weighted by molar-refractivity contribution is -0.150. The number of nitrogens with zero attached hydrogens (tertiary/aromatic N) is 1. The second-order valence-electron chi connectivity index (χ2n) is 20.1. The molecular formula is C59H105N5O8. The van der Waals surface area contributed by atoms with Gasteiger partial charge in [-0.15, -0.1) is 0 Å². The molecule has 72 heavy (non-hydrogen) atoms. The van der Waals surface area contributed by atoms with Crippen LogP contribution in [-0.2, 0) is 40.0 Å². The van der Waals surface area contributed by atoms with Crippen molar-refractivity contribution in [1.82, 2.24) is 16.0 Å². The van der Waals surface area contributed by atoms with Gasteiger partial charge in [0.25, 0.3) is 0 Å². The smallest absolute Gasteiger partial charge is 0.414 e. The van der Waals surface area contributed by atoms with Crippen LogP contribution in [-0.4, -0.2) is 68.2 Å². The zero-order chi connectivity index (χ0) is 52.5. The van der Waals surface area contributed by atoms with Crippen molar-refractivity contribution < 1.29 is 38.2 Å². The summed E-state index contributed by atoms with van der Waals surface area (Å²) in [6, 6.07) is 8.44. The molecule has 0 aliphatic heterocycles. The number of ether oxygens (including phenoxy) is 3. The highest BCUT2D eigenvalue weighted by Gasteiger charge is 2.22. The summed E-state index contributed by atoms with van der Waals surface area (Å²) in [5, 5.41) is 8.29. The Morgan fingerprint density at radius 2 is 0.944 bits per heavy atom. The first-order chi connectivity index (χ1) is 35.1. The van der Waals surface area contributed by atoms with Crippen LogP contribution in [0.25, 0.3) is 0 Å². The van der Waals surface area contributed by atoms with Gasteiger partial charge in [0, 0.05) is 19.5 Å². The maximum Gasteiger partial charge on any atom is 0.414 e. The Kier molecular flexibility index (Phi) is 43.7. The number of amides is 3. The first-order valence-corrected chi connectivity index (χ1v) is 29.3. The van der Waals surface area contributed by atoms with E-state index in [1.54, 1.807) is 0 Å². The highest BCUT2D eigenvalue weighted by atomic mass is 16.5. The van der Waals surface area contributed by atoms with Crippen LogP contribution in [0.3, 0.4) is 0 Å². The fourth-order valence-electron chi connectivity index (χ4n) is 8.90. The Hall–Kier alpha value is -4.16. The molecule has 5 N–H and O–H groups in total. The van der Waals surface area contributed by atoms with E-state index in [9.17, 15) is 24.0 Å². The number of guanidine groups is 1. The number of rotatable bonds is 48. The standard InChI is InChI=1S/C59H105N5O8/c1-5-9-13-17-20-31-41-51(39-29-15-11-7-3)56(67)70-47-35-24-19-22-33-43-54(65)63-53(44-46-62-58(60)64-59(69)72-49-50-37-27-26-28-38-50)55(66)61-45-34-23-25-36-48-71-57(68)52(40-30-16-12-8-4)42-32-21-18-14-10-6-2/h26-28,37-38,51-53H,5-25,29-36,39-49H2,1-4H3,(H,61,66)(H,63,65)(H3,60,62,64,69)/t51?,52?,53-/m0/s1. The first kappa shape index (κ1) is 65.9. The molecule has 13 nitrogen and oxygen atoms in total. The van der Waals surface area contributed by atoms with Gasteiger partial charge in [-0.3, -0.25) is 29.5 Å². The summed E-state index contributed by atoms with van der Waals surface area (Å²) in [6.45, 7) is 10.3. The van der Waals surface area contributed by atoms with Crippen molar-refractivity contribution in [2.24, 2.45) is 22.6 Å². The number of alkyl carbamates (subject to hydrolysis) is 1. The molecule has 1 rings (SSSR count). The van der Waals surface area contributed by atoms with Gasteiger partial charge < -0.3 is 30.6 Å². The SMILES string of the molecule is CCCCCCCCC(CCCCCC)C(=O)OCCCCCCCC(=O)N[C@@H](CCN=C(N)NC(=O)OCc1ccccc1)C(=O)NCCCCCCOC(=O)C(CCCCCC)CCCCCCCC. The van der Waals surface area contributed by atoms with Gasteiger partial charge in [0.1, 0.15) is 12.6 Å². The molecule has 3 atom stereocenters. The zero-order valence-corrected chi connectivity index (χ0v) is 46.2. The first-order valence-electron chi connectivity index (χ1n) is 29.3. The van der Waals surface area contributed by atoms with Gasteiger partial charge in [-0.25, -0.2) is 4.79 Å². The van der Waals surface area contributed by atoms with Crippen LogP contribution in [0, 0.1) is 11.8 Å². The van der Waals surface area contributed by atoms with Crippen LogP contribution in [0.1, 0.15) is 258 Å². The van der Waals surface area contributed by atoms with Crippen LogP contribution in [0.5, 0.6) is 0 Å². The van der Waals surface area contributed by atoms with E-state index < -0.39 is 12.1 Å². The van der Waals surface area contributed by atoms with Gasteiger partial charge >= 0.3 is 18.0 Å². The van der Waals surface area contributed by atoms with E-state index in [1.165, 1.54) is 96.3 Å². The molecule has 3 amide bonds. The largest absolute Gasteiger partial charge is 0.465 e. The van der Waals surface area contributed by atoms with Gasteiger partial charge in [0.15, 0.2) is 5.96 Å². The predicted molar refractivity (Wildman–Crippen MR) is 294 cm³/mol. The molecule has 0 heterocycles. The molecule has 0 saturated carbocycles. The monoisotopic (exact) mass is 1010 g/mol. The van der Waals surface area contributed by atoms with Crippen molar-refractivity contribution in [2.75, 3.05) is 26.3 Å². The normalized spacial score (nSPS) is 12.7. The Morgan fingerprint density at radius 1 is 0.514 bits per heavy atom. The summed E-state index contributed by atoms with van der Waals surface area (Å²) < 4.78 is 16.8. The van der Waals surface area contributed by atoms with E-state index in [1.807, 2.05) is 30.3 Å². The second kappa shape index (κ2) is 47.8. The van der Waals surface area contributed by atoms with Crippen molar-refractivity contribution in [3.8, 4) is 0 Å². The zero-order valence-electron chi connectivity index (χ0n) is 46.2. The third-order valence-corrected chi connectivity index (χ3v) is 13.5. The van der Waals surface area contributed by atoms with Gasteiger partial charge in [-0.1, -0.05) is 212 Å². The van der Waals surface area contributed by atoms with Crippen molar-refractivity contribution in [3.63, 3.8) is 0 Å². The van der Waals surface area contributed by atoms with Gasteiger partial charge in [0.05, 0.1) is 25.0 Å². The van der Waals surface area contributed by atoms with Crippen LogP contribution in [0.4, 0.5) is 4.79 Å². The topological polar surface area (TPSA) is 188 Å². The molecule has 0 saturated heterocycles. The number of unbranched alkanes of at least 4 members (excludes halogenated alkanes) is 23. The van der Waals surface area contributed by atoms with Crippen LogP contribution in [0.2, 0.25) is 0 Å². The molecule has 13 heteroatoms. The molecule has 414 valence electrons. The quantitative estimate of drug-likeness (QED) is 0.0162. The van der Waals surface area contributed by atoms with E-state index in [0.29, 0.717) is 26.2 Å². The molecule has 0 spiro atoms. The Labute approximate surface area is 438 Å². The third kappa shape index (κ3) is 38.5. The van der Waals surface area contributed by atoms with E-state index in [0.717, 1.165) is 115 Å². The fraction of sp³-hybridized carbons (Fsp3) is 0.797. The van der Waals surface area contributed by atoms with Crippen LogP contribution < -0.4 is 21.7 Å². The summed E-state index contributed by atoms with van der Waals surface area (Å²) in [5.41, 5.74) is 6.80. The number of benzene rings is 1. The lowest BCUT2D eigenvalue weighted by Gasteiger charge is -2.18. The molecule has 0 aromatic heterocycles. The average molecular weight is 1010 g/mol. The maximum absolute atomic E-state index is 13.4. The molecule has 1 aromatic carbocycles. The van der Waals surface area contributed by atoms with E-state index >= 15 is 0 Å². The van der Waals surface area contributed by atoms with Crippen LogP contribution in [0.15, 0.2) is 35.3 Å². The number of nitrogens with two attached hydrogens (primary N) is 1. The van der Waals surface area contributed by atoms with Crippen LogP contribution >= 0.6 is 0 Å². The Bertz CT molecular complexity index is 1530.